The summed E-state index contributed by atoms with van der Waals surface area (Å²) in [5.74, 6) is 0.380. The summed E-state index contributed by atoms with van der Waals surface area (Å²) in [6.45, 7) is 8.06. The summed E-state index contributed by atoms with van der Waals surface area (Å²) < 4.78 is 5.36. The molecule has 5 heteroatoms. The Morgan fingerprint density at radius 1 is 1.24 bits per heavy atom. The molecular weight excluding hydrogens is 334 g/mol. The van der Waals surface area contributed by atoms with E-state index in [9.17, 15) is 9.59 Å². The summed E-state index contributed by atoms with van der Waals surface area (Å²) in [5, 5.41) is 2.08. The van der Waals surface area contributed by atoms with Gasteiger partial charge in [0.1, 0.15) is 0 Å². The second-order valence-corrected chi connectivity index (χ2v) is 9.46. The van der Waals surface area contributed by atoms with Crippen molar-refractivity contribution >= 4 is 23.2 Å². The monoisotopic (exact) mass is 363 g/mol. The van der Waals surface area contributed by atoms with E-state index in [1.54, 1.807) is 16.2 Å². The van der Waals surface area contributed by atoms with Crippen LogP contribution >= 0.6 is 11.3 Å². The minimum atomic E-state index is -0.186. The van der Waals surface area contributed by atoms with Gasteiger partial charge in [0.15, 0.2) is 6.61 Å². The van der Waals surface area contributed by atoms with Crippen molar-refractivity contribution < 1.29 is 14.3 Å². The number of ether oxygens (including phenoxy) is 1. The number of carbonyl (C=O) groups excluding carboxylic acids is 2. The lowest BCUT2D eigenvalue weighted by atomic mass is 9.70. The highest BCUT2D eigenvalue weighted by molar-refractivity contribution is 7.10. The highest BCUT2D eigenvalue weighted by Gasteiger charge is 2.33. The third kappa shape index (κ3) is 4.43. The molecule has 4 nitrogen and oxygen atoms in total. The Hall–Kier alpha value is -1.36. The van der Waals surface area contributed by atoms with Crippen LogP contribution in [-0.4, -0.2) is 29.9 Å². The second kappa shape index (κ2) is 7.48. The quantitative estimate of drug-likeness (QED) is 0.762. The van der Waals surface area contributed by atoms with E-state index in [0.29, 0.717) is 17.9 Å². The van der Waals surface area contributed by atoms with E-state index in [-0.39, 0.29) is 24.4 Å². The first-order valence-corrected chi connectivity index (χ1v) is 10.2. The molecule has 0 bridgehead atoms. The molecule has 0 radical (unpaired) electrons. The minimum Gasteiger partial charge on any atom is -0.455 e. The number of thiophene rings is 1. The summed E-state index contributed by atoms with van der Waals surface area (Å²) in [5.41, 5.74) is 1.54. The molecule has 2 heterocycles. The normalized spacial score (nSPS) is 23.9. The number of amides is 1. The number of carbonyl (C=O) groups is 2. The van der Waals surface area contributed by atoms with Gasteiger partial charge in [-0.3, -0.25) is 9.59 Å². The van der Waals surface area contributed by atoms with E-state index < -0.39 is 0 Å². The van der Waals surface area contributed by atoms with Crippen LogP contribution in [0.25, 0.3) is 0 Å². The predicted octanol–water partition coefficient (Wildman–Crippen LogP) is 4.03. The zero-order valence-electron chi connectivity index (χ0n) is 15.5. The second-order valence-electron chi connectivity index (χ2n) is 8.46. The van der Waals surface area contributed by atoms with Crippen molar-refractivity contribution in [2.75, 3.05) is 13.2 Å². The Morgan fingerprint density at radius 2 is 1.96 bits per heavy atom. The number of rotatable bonds is 3. The summed E-state index contributed by atoms with van der Waals surface area (Å²) in [6.07, 6.45) is 4.83. The molecular formula is C20H29NO3S. The van der Waals surface area contributed by atoms with E-state index in [1.807, 2.05) is 0 Å². The van der Waals surface area contributed by atoms with Gasteiger partial charge in [-0.1, -0.05) is 20.8 Å². The Labute approximate surface area is 154 Å². The number of fused-ring (bicyclic) bond motifs is 1. The fourth-order valence-corrected chi connectivity index (χ4v) is 4.89. The zero-order valence-corrected chi connectivity index (χ0v) is 16.4. The largest absolute Gasteiger partial charge is 0.455 e. The van der Waals surface area contributed by atoms with E-state index in [4.69, 9.17) is 4.74 Å². The summed E-state index contributed by atoms with van der Waals surface area (Å²) in [7, 11) is 0. The van der Waals surface area contributed by atoms with Gasteiger partial charge in [-0.05, 0) is 60.4 Å². The highest BCUT2D eigenvalue weighted by Crippen LogP contribution is 2.40. The molecule has 1 aliphatic heterocycles. The van der Waals surface area contributed by atoms with E-state index in [1.165, 1.54) is 10.4 Å². The first-order chi connectivity index (χ1) is 11.8. The molecule has 1 amide bonds. The van der Waals surface area contributed by atoms with Gasteiger partial charge in [0.25, 0.3) is 5.91 Å². The predicted molar refractivity (Wildman–Crippen MR) is 99.3 cm³/mol. The molecule has 0 spiro atoms. The molecule has 0 saturated heterocycles. The molecule has 1 fully saturated rings. The van der Waals surface area contributed by atoms with Crippen molar-refractivity contribution in [3.63, 3.8) is 0 Å². The van der Waals surface area contributed by atoms with Crippen LogP contribution in [0.4, 0.5) is 0 Å². The van der Waals surface area contributed by atoms with Crippen molar-refractivity contribution in [3.8, 4) is 0 Å². The van der Waals surface area contributed by atoms with Crippen LogP contribution < -0.4 is 0 Å². The molecule has 3 rings (SSSR count). The SMILES string of the molecule is CC(C)(C)C1CCC(C(=O)OCC(=O)N2CCc3sccc3C2)CC1. The van der Waals surface area contributed by atoms with Crippen LogP contribution in [0.1, 0.15) is 56.9 Å². The highest BCUT2D eigenvalue weighted by atomic mass is 32.1. The minimum absolute atomic E-state index is 0.0313. The van der Waals surface area contributed by atoms with Gasteiger partial charge in [-0.15, -0.1) is 11.3 Å². The average Bonchev–Trinajstić information content (AvgIpc) is 3.06. The molecule has 25 heavy (non-hydrogen) atoms. The lowest BCUT2D eigenvalue weighted by Gasteiger charge is -2.36. The third-order valence-corrected chi connectivity index (χ3v) is 6.81. The standard InChI is InChI=1S/C20H29NO3S/c1-20(2,3)16-6-4-14(5-7-16)19(23)24-13-18(22)21-10-8-17-15(12-21)9-11-25-17/h9,11,14,16H,4-8,10,12-13H2,1-3H3. The molecule has 1 aliphatic carbocycles. The Kier molecular flexibility index (Phi) is 5.52. The maximum absolute atomic E-state index is 12.4. The summed E-state index contributed by atoms with van der Waals surface area (Å²) >= 11 is 1.75. The van der Waals surface area contributed by atoms with Gasteiger partial charge in [-0.2, -0.15) is 0 Å². The fraction of sp³-hybridized carbons (Fsp3) is 0.700. The molecule has 0 N–H and O–H groups in total. The Bertz CT molecular complexity index is 623. The smallest absolute Gasteiger partial charge is 0.309 e. The number of hydrogen-bond donors (Lipinski definition) is 0. The van der Waals surface area contributed by atoms with Gasteiger partial charge >= 0.3 is 5.97 Å². The van der Waals surface area contributed by atoms with Crippen molar-refractivity contribution in [1.29, 1.82) is 0 Å². The molecule has 2 aliphatic rings. The zero-order chi connectivity index (χ0) is 18.0. The van der Waals surface area contributed by atoms with Crippen molar-refractivity contribution in [2.45, 2.75) is 59.4 Å². The van der Waals surface area contributed by atoms with Crippen molar-refractivity contribution in [3.05, 3.63) is 21.9 Å². The van der Waals surface area contributed by atoms with Crippen LogP contribution in [0, 0.1) is 17.3 Å². The molecule has 1 aromatic heterocycles. The van der Waals surface area contributed by atoms with Crippen LogP contribution in [0.5, 0.6) is 0 Å². The van der Waals surface area contributed by atoms with E-state index in [2.05, 4.69) is 32.2 Å². The third-order valence-electron chi connectivity index (χ3n) is 5.78. The Morgan fingerprint density at radius 3 is 2.64 bits per heavy atom. The first-order valence-electron chi connectivity index (χ1n) is 9.34. The topological polar surface area (TPSA) is 46.6 Å². The molecule has 0 aromatic carbocycles. The van der Waals surface area contributed by atoms with Gasteiger partial charge in [0.05, 0.1) is 5.92 Å². The fourth-order valence-electron chi connectivity index (χ4n) is 4.00. The van der Waals surface area contributed by atoms with Gasteiger partial charge < -0.3 is 9.64 Å². The van der Waals surface area contributed by atoms with Crippen LogP contribution in [0.3, 0.4) is 0 Å². The maximum atomic E-state index is 12.4. The number of esters is 1. The molecule has 1 aromatic rings. The summed E-state index contributed by atoms with van der Waals surface area (Å²) in [6, 6.07) is 2.08. The number of hydrogen-bond acceptors (Lipinski definition) is 4. The lowest BCUT2D eigenvalue weighted by molar-refractivity contribution is -0.157. The van der Waals surface area contributed by atoms with Gasteiger partial charge in [0, 0.05) is 18.0 Å². The molecule has 1 saturated carbocycles. The van der Waals surface area contributed by atoms with E-state index >= 15 is 0 Å². The maximum Gasteiger partial charge on any atom is 0.309 e. The lowest BCUT2D eigenvalue weighted by Crippen LogP contribution is -2.39. The van der Waals surface area contributed by atoms with Crippen LogP contribution in [-0.2, 0) is 27.3 Å². The Balaban J connectivity index is 1.43. The van der Waals surface area contributed by atoms with Gasteiger partial charge in [-0.25, -0.2) is 0 Å². The van der Waals surface area contributed by atoms with Crippen LogP contribution in [0.15, 0.2) is 11.4 Å². The van der Waals surface area contributed by atoms with Gasteiger partial charge in [0.2, 0.25) is 0 Å². The van der Waals surface area contributed by atoms with Crippen LogP contribution in [0.2, 0.25) is 0 Å². The molecule has 0 unspecified atom stereocenters. The van der Waals surface area contributed by atoms with Crippen molar-refractivity contribution in [2.24, 2.45) is 17.3 Å². The average molecular weight is 364 g/mol. The number of nitrogens with zero attached hydrogens (tertiary/aromatic N) is 1. The molecule has 138 valence electrons. The molecule has 0 atom stereocenters. The summed E-state index contributed by atoms with van der Waals surface area (Å²) in [4.78, 5) is 27.8. The van der Waals surface area contributed by atoms with E-state index in [0.717, 1.165) is 38.6 Å². The first kappa shape index (κ1) is 18.4. The van der Waals surface area contributed by atoms with Crippen molar-refractivity contribution in [1.82, 2.24) is 4.90 Å².